The lowest BCUT2D eigenvalue weighted by molar-refractivity contribution is -0.123. The molecule has 2 aromatic rings. The van der Waals surface area contributed by atoms with Crippen molar-refractivity contribution in [2.45, 2.75) is 31.7 Å². The lowest BCUT2D eigenvalue weighted by Crippen LogP contribution is -2.47. The Morgan fingerprint density at radius 1 is 1.20 bits per heavy atom. The van der Waals surface area contributed by atoms with Gasteiger partial charge in [0.05, 0.1) is 18.0 Å². The van der Waals surface area contributed by atoms with Crippen molar-refractivity contribution in [3.63, 3.8) is 0 Å². The third-order valence-electron chi connectivity index (χ3n) is 5.67. The number of pyridine rings is 1. The summed E-state index contributed by atoms with van der Waals surface area (Å²) in [4.78, 5) is 42.0. The summed E-state index contributed by atoms with van der Waals surface area (Å²) < 4.78 is 5.28. The minimum Gasteiger partial charge on any atom is -0.463 e. The van der Waals surface area contributed by atoms with E-state index < -0.39 is 5.56 Å². The molecule has 9 heteroatoms. The lowest BCUT2D eigenvalue weighted by atomic mass is 9.97. The fraction of sp³-hybridized carbons (Fsp3) is 0.476. The summed E-state index contributed by atoms with van der Waals surface area (Å²) in [7, 11) is 0. The summed E-state index contributed by atoms with van der Waals surface area (Å²) in [5, 5.41) is 6.20. The number of carbonyl (C=O) groups excluding carboxylic acids is 2. The van der Waals surface area contributed by atoms with E-state index >= 15 is 0 Å². The number of hydrogen-bond acceptors (Lipinski definition) is 5. The van der Waals surface area contributed by atoms with E-state index in [0.29, 0.717) is 31.1 Å². The number of nitrogens with zero attached hydrogens (tertiary/aromatic N) is 1. The molecule has 162 valence electrons. The molecule has 2 atom stereocenters. The highest BCUT2D eigenvalue weighted by molar-refractivity contribution is 5.94. The maximum atomic E-state index is 12.9. The Kier molecular flexibility index (Phi) is 7.33. The van der Waals surface area contributed by atoms with Crippen molar-refractivity contribution in [2.24, 2.45) is 5.92 Å². The molecule has 3 N–H and O–H groups in total. The van der Waals surface area contributed by atoms with Gasteiger partial charge in [-0.25, -0.2) is 0 Å². The molecule has 2 unspecified atom stereocenters. The second kappa shape index (κ2) is 9.95. The molecule has 0 aromatic carbocycles. The molecule has 2 aromatic heterocycles. The fourth-order valence-electron chi connectivity index (χ4n) is 4.08. The average Bonchev–Trinajstić information content (AvgIpc) is 3.46. The van der Waals surface area contributed by atoms with E-state index in [0.717, 1.165) is 32.2 Å². The maximum absolute atomic E-state index is 12.9. The molecule has 0 bridgehead atoms. The molecule has 8 nitrogen and oxygen atoms in total. The summed E-state index contributed by atoms with van der Waals surface area (Å²) in [5.74, 6) is 0.507. The van der Waals surface area contributed by atoms with Crippen molar-refractivity contribution in [2.75, 3.05) is 26.2 Å². The van der Waals surface area contributed by atoms with Gasteiger partial charge >= 0.3 is 0 Å². The van der Waals surface area contributed by atoms with Gasteiger partial charge in [0.25, 0.3) is 11.5 Å². The van der Waals surface area contributed by atoms with Gasteiger partial charge in [-0.1, -0.05) is 0 Å². The van der Waals surface area contributed by atoms with Gasteiger partial charge in [-0.05, 0) is 62.4 Å². The highest BCUT2D eigenvalue weighted by atomic mass is 35.5. The van der Waals surface area contributed by atoms with Crippen LogP contribution in [0.5, 0.6) is 0 Å². The van der Waals surface area contributed by atoms with E-state index in [1.165, 1.54) is 6.26 Å². The topological polar surface area (TPSA) is 107 Å². The number of likely N-dealkylation sites (tertiary alicyclic amines) is 1. The Bertz CT molecular complexity index is 921. The summed E-state index contributed by atoms with van der Waals surface area (Å²) >= 11 is 0. The number of aromatic amines is 1. The number of H-pyrrole nitrogens is 1. The van der Waals surface area contributed by atoms with Crippen LogP contribution in [0.3, 0.4) is 0 Å². The molecule has 2 saturated heterocycles. The van der Waals surface area contributed by atoms with E-state index in [4.69, 9.17) is 4.42 Å². The van der Waals surface area contributed by atoms with Crippen LogP contribution in [0.4, 0.5) is 0 Å². The monoisotopic (exact) mass is 434 g/mol. The molecule has 0 aliphatic carbocycles. The van der Waals surface area contributed by atoms with Crippen LogP contribution < -0.4 is 16.2 Å². The quantitative estimate of drug-likeness (QED) is 0.664. The van der Waals surface area contributed by atoms with Crippen LogP contribution in [0, 0.1) is 5.92 Å². The Morgan fingerprint density at radius 3 is 2.77 bits per heavy atom. The number of carbonyl (C=O) groups is 2. The molecule has 2 aliphatic rings. The van der Waals surface area contributed by atoms with Crippen LogP contribution in [0.15, 0.2) is 39.7 Å². The highest BCUT2D eigenvalue weighted by Gasteiger charge is 2.28. The van der Waals surface area contributed by atoms with Gasteiger partial charge in [-0.15, -0.1) is 12.4 Å². The highest BCUT2D eigenvalue weighted by Crippen LogP contribution is 2.19. The minimum atomic E-state index is -0.424. The summed E-state index contributed by atoms with van der Waals surface area (Å²) in [5.41, 5.74) is 0.239. The van der Waals surface area contributed by atoms with Gasteiger partial charge in [-0.3, -0.25) is 14.4 Å². The van der Waals surface area contributed by atoms with Crippen LogP contribution in [-0.2, 0) is 4.79 Å². The summed E-state index contributed by atoms with van der Waals surface area (Å²) in [6, 6.07) is 6.63. The van der Waals surface area contributed by atoms with Crippen molar-refractivity contribution in [3.05, 3.63) is 46.4 Å². The molecule has 30 heavy (non-hydrogen) atoms. The second-order valence-corrected chi connectivity index (χ2v) is 7.75. The van der Waals surface area contributed by atoms with Crippen molar-refractivity contribution in [3.8, 4) is 11.5 Å². The third kappa shape index (κ3) is 4.94. The van der Waals surface area contributed by atoms with Crippen LogP contribution >= 0.6 is 12.4 Å². The third-order valence-corrected chi connectivity index (χ3v) is 5.67. The summed E-state index contributed by atoms with van der Waals surface area (Å²) in [6.45, 7) is 2.59. The van der Waals surface area contributed by atoms with Gasteiger partial charge < -0.3 is 24.9 Å². The zero-order valence-corrected chi connectivity index (χ0v) is 17.5. The molecule has 2 fully saturated rings. The molecule has 0 radical (unpaired) electrons. The maximum Gasteiger partial charge on any atom is 0.261 e. The van der Waals surface area contributed by atoms with E-state index in [9.17, 15) is 14.4 Å². The zero-order valence-electron chi connectivity index (χ0n) is 16.7. The smallest absolute Gasteiger partial charge is 0.261 e. The Balaban J connectivity index is 0.00000256. The van der Waals surface area contributed by atoms with Crippen LogP contribution in [0.25, 0.3) is 11.5 Å². The van der Waals surface area contributed by atoms with E-state index in [1.54, 1.807) is 29.2 Å². The van der Waals surface area contributed by atoms with Gasteiger partial charge in [0, 0.05) is 19.6 Å². The number of rotatable bonds is 5. The lowest BCUT2D eigenvalue weighted by Gasteiger charge is -2.33. The summed E-state index contributed by atoms with van der Waals surface area (Å²) in [6.07, 6.45) is 5.24. The molecule has 2 aliphatic heterocycles. The molecule has 2 amide bonds. The number of piperidine rings is 1. The zero-order chi connectivity index (χ0) is 20.2. The van der Waals surface area contributed by atoms with E-state index in [1.807, 2.05) is 0 Å². The average molecular weight is 435 g/mol. The van der Waals surface area contributed by atoms with Crippen LogP contribution in [-0.4, -0.2) is 53.9 Å². The first-order valence-corrected chi connectivity index (χ1v) is 10.2. The molecule has 4 rings (SSSR count). The number of nitrogens with one attached hydrogen (secondary N) is 3. The van der Waals surface area contributed by atoms with Crippen LogP contribution in [0.1, 0.15) is 36.0 Å². The molecular formula is C21H27ClN4O4. The predicted octanol–water partition coefficient (Wildman–Crippen LogP) is 1.78. The number of hydrogen-bond donors (Lipinski definition) is 3. The van der Waals surface area contributed by atoms with E-state index in [2.05, 4.69) is 15.6 Å². The molecule has 0 spiro atoms. The standard InChI is InChI=1S/C21H26N4O4.ClH/c26-19-15(7-8-16(24-19)18-6-3-11-29-18)21(28)25-10-2-4-14(13-25)12-23-20(27)17-5-1-9-22-17;/h3,6-8,11,14,17,22H,1-2,4-5,9-10,12-13H2,(H,23,27)(H,24,26);1H. The van der Waals surface area contributed by atoms with Crippen LogP contribution in [0.2, 0.25) is 0 Å². The Morgan fingerprint density at radius 2 is 2.07 bits per heavy atom. The largest absolute Gasteiger partial charge is 0.463 e. The first kappa shape index (κ1) is 22.1. The normalized spacial score (nSPS) is 21.1. The number of halogens is 1. The molecular weight excluding hydrogens is 408 g/mol. The Hall–Kier alpha value is -2.58. The number of aromatic nitrogens is 1. The van der Waals surface area contributed by atoms with Crippen molar-refractivity contribution < 1.29 is 14.0 Å². The van der Waals surface area contributed by atoms with Crippen molar-refractivity contribution in [1.29, 1.82) is 0 Å². The molecule has 4 heterocycles. The SMILES string of the molecule is Cl.O=C(NCC1CCCN(C(=O)c2ccc(-c3ccco3)[nH]c2=O)C1)C1CCCN1. The van der Waals surface area contributed by atoms with Gasteiger partial charge in [-0.2, -0.15) is 0 Å². The Labute approximate surface area is 180 Å². The van der Waals surface area contributed by atoms with E-state index in [-0.39, 0.29) is 41.7 Å². The van der Waals surface area contributed by atoms with Gasteiger partial charge in [0.2, 0.25) is 5.91 Å². The first-order valence-electron chi connectivity index (χ1n) is 10.2. The van der Waals surface area contributed by atoms with Gasteiger partial charge in [0.1, 0.15) is 11.3 Å². The van der Waals surface area contributed by atoms with Crippen molar-refractivity contribution in [1.82, 2.24) is 20.5 Å². The predicted molar refractivity (Wildman–Crippen MR) is 115 cm³/mol. The minimum absolute atomic E-state index is 0. The number of furan rings is 1. The fourth-order valence-corrected chi connectivity index (χ4v) is 4.08. The molecule has 0 saturated carbocycles. The van der Waals surface area contributed by atoms with Crippen molar-refractivity contribution >= 4 is 24.2 Å². The second-order valence-electron chi connectivity index (χ2n) is 7.75. The van der Waals surface area contributed by atoms with Gasteiger partial charge in [0.15, 0.2) is 0 Å². The first-order chi connectivity index (χ1) is 14.1. The number of amides is 2.